The van der Waals surface area contributed by atoms with Crippen LogP contribution < -0.4 is 33.2 Å². The second-order valence-electron chi connectivity index (χ2n) is 8.09. The number of rotatable bonds is 16. The first kappa shape index (κ1) is 30.5. The lowest BCUT2D eigenvalue weighted by Crippen LogP contribution is -2.58. The molecule has 1 aromatic rings. The fraction of sp³-hybridized carbons (Fsp3) is 0.409. The number of carboxylic acids is 2. The van der Waals surface area contributed by atoms with Crippen LogP contribution in [0.4, 0.5) is 0 Å². The fourth-order valence-corrected chi connectivity index (χ4v) is 3.12. The second kappa shape index (κ2) is 14.8. The molecule has 15 heteroatoms. The average Bonchev–Trinajstić information content (AvgIpc) is 2.80. The van der Waals surface area contributed by atoms with Crippen molar-refractivity contribution in [1.29, 1.82) is 0 Å². The van der Waals surface area contributed by atoms with Crippen LogP contribution in [0, 0.1) is 0 Å². The van der Waals surface area contributed by atoms with E-state index in [0.717, 1.165) is 0 Å². The predicted octanol–water partition coefficient (Wildman–Crippen LogP) is -3.29. The second-order valence-corrected chi connectivity index (χ2v) is 8.09. The van der Waals surface area contributed by atoms with Gasteiger partial charge in [0.15, 0.2) is 0 Å². The Morgan fingerprint density at radius 3 is 1.78 bits per heavy atom. The summed E-state index contributed by atoms with van der Waals surface area (Å²) in [5.41, 5.74) is 16.2. The van der Waals surface area contributed by atoms with Crippen molar-refractivity contribution in [2.24, 2.45) is 17.2 Å². The predicted molar refractivity (Wildman–Crippen MR) is 126 cm³/mol. The highest BCUT2D eigenvalue weighted by molar-refractivity contribution is 5.96. The minimum absolute atomic E-state index is 0.120. The van der Waals surface area contributed by atoms with Crippen molar-refractivity contribution < 1.29 is 43.8 Å². The van der Waals surface area contributed by atoms with Crippen LogP contribution in [-0.4, -0.2) is 75.9 Å². The number of primary amides is 2. The van der Waals surface area contributed by atoms with Crippen LogP contribution in [0.2, 0.25) is 0 Å². The van der Waals surface area contributed by atoms with Crippen molar-refractivity contribution in [3.63, 3.8) is 0 Å². The van der Waals surface area contributed by atoms with Gasteiger partial charge in [-0.3, -0.25) is 28.8 Å². The molecule has 4 atom stereocenters. The molecule has 5 amide bonds. The van der Waals surface area contributed by atoms with Gasteiger partial charge < -0.3 is 43.4 Å². The molecule has 0 aliphatic heterocycles. The fourth-order valence-electron chi connectivity index (χ4n) is 3.12. The zero-order valence-electron chi connectivity index (χ0n) is 19.7. The van der Waals surface area contributed by atoms with Crippen molar-refractivity contribution in [2.75, 3.05) is 0 Å². The summed E-state index contributed by atoms with van der Waals surface area (Å²) in [5.74, 6) is -7.75. The molecule has 0 bridgehead atoms. The maximum absolute atomic E-state index is 12.8. The van der Waals surface area contributed by atoms with Gasteiger partial charge in [0, 0.05) is 12.8 Å². The van der Waals surface area contributed by atoms with Crippen molar-refractivity contribution in [3.05, 3.63) is 35.9 Å². The topological polar surface area (TPSA) is 274 Å². The minimum Gasteiger partial charge on any atom is -0.481 e. The summed E-state index contributed by atoms with van der Waals surface area (Å²) < 4.78 is 0. The Morgan fingerprint density at radius 1 is 0.730 bits per heavy atom. The Labute approximate surface area is 211 Å². The molecule has 0 spiro atoms. The monoisotopic (exact) mass is 522 g/mol. The van der Waals surface area contributed by atoms with Gasteiger partial charge in [0.2, 0.25) is 29.5 Å². The number of hydrogen-bond donors (Lipinski definition) is 8. The molecule has 0 heterocycles. The van der Waals surface area contributed by atoms with Crippen LogP contribution in [0.15, 0.2) is 30.3 Å². The number of nitrogens with two attached hydrogens (primary N) is 3. The van der Waals surface area contributed by atoms with Gasteiger partial charge in [-0.1, -0.05) is 30.3 Å². The number of benzene rings is 1. The zero-order valence-corrected chi connectivity index (χ0v) is 19.7. The summed E-state index contributed by atoms with van der Waals surface area (Å²) in [4.78, 5) is 83.1. The molecule has 0 aliphatic carbocycles. The summed E-state index contributed by atoms with van der Waals surface area (Å²) in [7, 11) is 0. The Bertz CT molecular complexity index is 1020. The van der Waals surface area contributed by atoms with E-state index in [1.165, 1.54) is 0 Å². The number of carboxylic acid groups (broad SMARTS) is 2. The Balaban J connectivity index is 3.04. The van der Waals surface area contributed by atoms with Crippen LogP contribution in [0.5, 0.6) is 0 Å². The van der Waals surface area contributed by atoms with Gasteiger partial charge in [-0.15, -0.1) is 0 Å². The number of carbonyl (C=O) groups excluding carboxylic acids is 5. The van der Waals surface area contributed by atoms with E-state index in [9.17, 15) is 43.8 Å². The first-order chi connectivity index (χ1) is 17.3. The molecule has 0 radical (unpaired) electrons. The van der Waals surface area contributed by atoms with Gasteiger partial charge in [-0.2, -0.15) is 0 Å². The SMILES string of the molecule is NC(=O)CCC(NC(=O)C(N)CC(N)=O)C(=O)NC(CC(=O)O)C(=O)NC(Cc1ccccc1)C(=O)O. The molecular formula is C22H30N6O9. The average molecular weight is 523 g/mol. The van der Waals surface area contributed by atoms with E-state index >= 15 is 0 Å². The molecule has 0 saturated carbocycles. The van der Waals surface area contributed by atoms with E-state index < -0.39 is 78.5 Å². The van der Waals surface area contributed by atoms with Crippen LogP contribution in [-0.2, 0) is 40.0 Å². The third-order valence-electron chi connectivity index (χ3n) is 4.98. The number of amides is 5. The summed E-state index contributed by atoms with van der Waals surface area (Å²) in [6.07, 6.45) is -2.31. The maximum atomic E-state index is 12.8. The lowest BCUT2D eigenvalue weighted by atomic mass is 10.0. The quantitative estimate of drug-likeness (QED) is 0.107. The zero-order chi connectivity index (χ0) is 28.1. The van der Waals surface area contributed by atoms with Gasteiger partial charge in [-0.25, -0.2) is 4.79 Å². The maximum Gasteiger partial charge on any atom is 0.326 e. The number of carbonyl (C=O) groups is 7. The number of aliphatic carboxylic acids is 2. The highest BCUT2D eigenvalue weighted by Crippen LogP contribution is 2.06. The highest BCUT2D eigenvalue weighted by atomic mass is 16.4. The molecule has 0 aromatic heterocycles. The van der Waals surface area contributed by atoms with Crippen molar-refractivity contribution in [1.82, 2.24) is 16.0 Å². The smallest absolute Gasteiger partial charge is 0.326 e. The number of nitrogens with one attached hydrogen (secondary N) is 3. The van der Waals surface area contributed by atoms with E-state index in [4.69, 9.17) is 17.2 Å². The van der Waals surface area contributed by atoms with Gasteiger partial charge in [-0.05, 0) is 12.0 Å². The summed E-state index contributed by atoms with van der Waals surface area (Å²) >= 11 is 0. The minimum atomic E-state index is -1.74. The standard InChI is InChI=1S/C22H30N6O9/c23-12(9-17(25)30)19(33)26-13(6-7-16(24)29)20(34)27-14(10-18(31)32)21(35)28-15(22(36)37)8-11-4-2-1-3-5-11/h1-5,12-15H,6-10,23H2,(H2,24,29)(H2,25,30)(H,26,33)(H,27,34)(H,28,35)(H,31,32)(H,36,37). The van der Waals surface area contributed by atoms with Gasteiger partial charge in [0.05, 0.1) is 18.9 Å². The molecule has 1 aromatic carbocycles. The van der Waals surface area contributed by atoms with Crippen LogP contribution in [0.25, 0.3) is 0 Å². The third-order valence-corrected chi connectivity index (χ3v) is 4.98. The molecule has 0 fully saturated rings. The lowest BCUT2D eigenvalue weighted by molar-refractivity contribution is -0.143. The molecule has 202 valence electrons. The Kier molecular flexibility index (Phi) is 12.2. The van der Waals surface area contributed by atoms with E-state index in [-0.39, 0.29) is 19.3 Å². The Morgan fingerprint density at radius 2 is 1.27 bits per heavy atom. The van der Waals surface area contributed by atoms with Crippen LogP contribution in [0.1, 0.15) is 31.2 Å². The van der Waals surface area contributed by atoms with E-state index in [0.29, 0.717) is 5.56 Å². The third kappa shape index (κ3) is 11.6. The van der Waals surface area contributed by atoms with Crippen molar-refractivity contribution in [3.8, 4) is 0 Å². The number of hydrogen-bond acceptors (Lipinski definition) is 8. The Hall–Kier alpha value is -4.53. The van der Waals surface area contributed by atoms with Gasteiger partial charge >= 0.3 is 11.9 Å². The van der Waals surface area contributed by atoms with E-state index in [1.54, 1.807) is 30.3 Å². The molecule has 37 heavy (non-hydrogen) atoms. The van der Waals surface area contributed by atoms with Gasteiger partial charge in [0.25, 0.3) is 0 Å². The van der Waals surface area contributed by atoms with Crippen LogP contribution >= 0.6 is 0 Å². The molecule has 15 nitrogen and oxygen atoms in total. The molecule has 0 aliphatic rings. The normalized spacial score (nSPS) is 13.8. The van der Waals surface area contributed by atoms with Crippen molar-refractivity contribution >= 4 is 41.5 Å². The molecule has 1 rings (SSSR count). The molecule has 0 saturated heterocycles. The first-order valence-electron chi connectivity index (χ1n) is 11.0. The summed E-state index contributed by atoms with van der Waals surface area (Å²) in [6, 6.07) is 2.20. The van der Waals surface area contributed by atoms with Gasteiger partial charge in [0.1, 0.15) is 18.1 Å². The lowest BCUT2D eigenvalue weighted by Gasteiger charge is -2.24. The summed E-state index contributed by atoms with van der Waals surface area (Å²) in [5, 5.41) is 25.2. The summed E-state index contributed by atoms with van der Waals surface area (Å²) in [6.45, 7) is 0. The molecule has 4 unspecified atom stereocenters. The van der Waals surface area contributed by atoms with E-state index in [2.05, 4.69) is 16.0 Å². The van der Waals surface area contributed by atoms with Crippen LogP contribution in [0.3, 0.4) is 0 Å². The largest absolute Gasteiger partial charge is 0.481 e. The first-order valence-corrected chi connectivity index (χ1v) is 11.0. The molecular weight excluding hydrogens is 492 g/mol. The van der Waals surface area contributed by atoms with E-state index in [1.807, 2.05) is 0 Å². The highest BCUT2D eigenvalue weighted by Gasteiger charge is 2.32. The van der Waals surface area contributed by atoms with Crippen molar-refractivity contribution in [2.45, 2.75) is 56.3 Å². The molecule has 11 N–H and O–H groups in total.